The van der Waals surface area contributed by atoms with Gasteiger partial charge in [-0.2, -0.15) is 0 Å². The van der Waals surface area contributed by atoms with Gasteiger partial charge in [-0.1, -0.05) is 45.0 Å². The molecule has 1 saturated carbocycles. The highest BCUT2D eigenvalue weighted by molar-refractivity contribution is 5.85. The minimum Gasteiger partial charge on any atom is -0.316 e. The number of hydrogen-bond acceptors (Lipinski definition) is 1. The summed E-state index contributed by atoms with van der Waals surface area (Å²) in [4.78, 5) is 0. The van der Waals surface area contributed by atoms with Gasteiger partial charge in [0, 0.05) is 0 Å². The zero-order valence-corrected chi connectivity index (χ0v) is 11.7. The van der Waals surface area contributed by atoms with Crippen molar-refractivity contribution in [3.05, 3.63) is 35.4 Å². The summed E-state index contributed by atoms with van der Waals surface area (Å²) < 4.78 is 0. The van der Waals surface area contributed by atoms with E-state index in [2.05, 4.69) is 50.4 Å². The number of hydrogen-bond donors (Lipinski definition) is 1. The molecule has 1 aromatic carbocycles. The lowest BCUT2D eigenvalue weighted by molar-refractivity contribution is 0.588. The van der Waals surface area contributed by atoms with Crippen LogP contribution < -0.4 is 5.32 Å². The second kappa shape index (κ2) is 4.29. The Balaban J connectivity index is 0.00000108. The van der Waals surface area contributed by atoms with Crippen LogP contribution in [0.5, 0.6) is 0 Å². The minimum absolute atomic E-state index is 0. The Morgan fingerprint density at radius 1 is 1.12 bits per heavy atom. The Kier molecular flexibility index (Phi) is 3.26. The first kappa shape index (κ1) is 12.9. The number of piperidine rings is 1. The van der Waals surface area contributed by atoms with Crippen LogP contribution in [-0.2, 0) is 5.41 Å². The molecule has 3 rings (SSSR count). The average molecular weight is 252 g/mol. The molecule has 1 heterocycles. The molecule has 1 N–H and O–H groups in total. The highest BCUT2D eigenvalue weighted by Crippen LogP contribution is 2.55. The molecule has 3 atom stereocenters. The molecule has 17 heavy (non-hydrogen) atoms. The Bertz CT molecular complexity index is 398. The molecule has 1 aliphatic heterocycles. The standard InChI is InChI=1S/C15H21N.ClH/c1-15(2,3)11-6-4-5-10(7-11)14-12-8-16-9-13(12)14;/h4-7,12-14,16H,8-9H2,1-3H3;1H/t12-,13+,14?;. The monoisotopic (exact) mass is 251 g/mol. The van der Waals surface area contributed by atoms with Crippen molar-refractivity contribution in [2.24, 2.45) is 11.8 Å². The van der Waals surface area contributed by atoms with Gasteiger partial charge < -0.3 is 5.32 Å². The normalized spacial score (nSPS) is 30.6. The van der Waals surface area contributed by atoms with E-state index in [0.717, 1.165) is 17.8 Å². The van der Waals surface area contributed by atoms with E-state index < -0.39 is 0 Å². The van der Waals surface area contributed by atoms with Crippen molar-refractivity contribution in [2.45, 2.75) is 32.1 Å². The van der Waals surface area contributed by atoms with Crippen LogP contribution >= 0.6 is 12.4 Å². The molecule has 94 valence electrons. The molecule has 0 aromatic heterocycles. The van der Waals surface area contributed by atoms with Crippen LogP contribution in [0.4, 0.5) is 0 Å². The lowest BCUT2D eigenvalue weighted by Gasteiger charge is -2.20. The number of nitrogens with one attached hydrogen (secondary N) is 1. The molecule has 0 amide bonds. The van der Waals surface area contributed by atoms with E-state index in [1.165, 1.54) is 18.7 Å². The van der Waals surface area contributed by atoms with E-state index in [1.54, 1.807) is 5.56 Å². The van der Waals surface area contributed by atoms with Crippen LogP contribution in [0.2, 0.25) is 0 Å². The topological polar surface area (TPSA) is 12.0 Å². The fourth-order valence-electron chi connectivity index (χ4n) is 3.13. The molecule has 2 heteroatoms. The van der Waals surface area contributed by atoms with Crippen LogP contribution in [-0.4, -0.2) is 13.1 Å². The molecule has 0 bridgehead atoms. The number of rotatable bonds is 1. The van der Waals surface area contributed by atoms with Gasteiger partial charge in [0.25, 0.3) is 0 Å². The molecule has 1 nitrogen and oxygen atoms in total. The summed E-state index contributed by atoms with van der Waals surface area (Å²) in [5.74, 6) is 2.70. The van der Waals surface area contributed by atoms with E-state index in [9.17, 15) is 0 Å². The van der Waals surface area contributed by atoms with Crippen molar-refractivity contribution in [1.29, 1.82) is 0 Å². The third kappa shape index (κ3) is 2.23. The van der Waals surface area contributed by atoms with Crippen molar-refractivity contribution >= 4 is 12.4 Å². The molecule has 1 aromatic rings. The molecular weight excluding hydrogens is 230 g/mol. The summed E-state index contributed by atoms with van der Waals surface area (Å²) in [7, 11) is 0. The van der Waals surface area contributed by atoms with Gasteiger partial charge in [0.15, 0.2) is 0 Å². The average Bonchev–Trinajstić information content (AvgIpc) is 2.72. The molecule has 2 fully saturated rings. The molecule has 0 radical (unpaired) electrons. The lowest BCUT2D eigenvalue weighted by atomic mass is 9.85. The maximum atomic E-state index is 3.47. The van der Waals surface area contributed by atoms with Gasteiger partial charge in [-0.3, -0.25) is 0 Å². The second-order valence-electron chi connectivity index (χ2n) is 6.39. The number of benzene rings is 1. The van der Waals surface area contributed by atoms with Gasteiger partial charge in [0.2, 0.25) is 0 Å². The Hall–Kier alpha value is -0.530. The van der Waals surface area contributed by atoms with Crippen LogP contribution in [0.3, 0.4) is 0 Å². The summed E-state index contributed by atoms with van der Waals surface area (Å²) in [5, 5.41) is 3.47. The van der Waals surface area contributed by atoms with Crippen LogP contribution in [0.15, 0.2) is 24.3 Å². The van der Waals surface area contributed by atoms with Gasteiger partial charge >= 0.3 is 0 Å². The zero-order valence-electron chi connectivity index (χ0n) is 10.9. The Labute approximate surface area is 110 Å². The van der Waals surface area contributed by atoms with Crippen molar-refractivity contribution in [3.63, 3.8) is 0 Å². The smallest absolute Gasteiger partial charge is 0.00111 e. The highest BCUT2D eigenvalue weighted by Gasteiger charge is 2.53. The summed E-state index contributed by atoms with van der Waals surface area (Å²) in [5.41, 5.74) is 3.32. The molecule has 2 aliphatic rings. The summed E-state index contributed by atoms with van der Waals surface area (Å²) in [6, 6.07) is 9.25. The SMILES string of the molecule is CC(C)(C)c1cccc(C2[C@H]3CNC[C@@H]23)c1.Cl. The van der Waals surface area contributed by atoms with Crippen LogP contribution in [0.25, 0.3) is 0 Å². The third-order valence-corrected chi connectivity index (χ3v) is 4.23. The van der Waals surface area contributed by atoms with Gasteiger partial charge in [-0.05, 0) is 47.4 Å². The van der Waals surface area contributed by atoms with E-state index in [0.29, 0.717) is 0 Å². The van der Waals surface area contributed by atoms with Gasteiger partial charge in [-0.25, -0.2) is 0 Å². The van der Waals surface area contributed by atoms with Crippen molar-refractivity contribution in [3.8, 4) is 0 Å². The maximum Gasteiger partial charge on any atom is -0.00111 e. The van der Waals surface area contributed by atoms with E-state index in [1.807, 2.05) is 0 Å². The molecule has 1 aliphatic carbocycles. The van der Waals surface area contributed by atoms with E-state index in [4.69, 9.17) is 0 Å². The van der Waals surface area contributed by atoms with Crippen molar-refractivity contribution < 1.29 is 0 Å². The Morgan fingerprint density at radius 3 is 2.35 bits per heavy atom. The van der Waals surface area contributed by atoms with Crippen molar-refractivity contribution in [1.82, 2.24) is 5.32 Å². The van der Waals surface area contributed by atoms with Crippen molar-refractivity contribution in [2.75, 3.05) is 13.1 Å². The van der Waals surface area contributed by atoms with E-state index in [-0.39, 0.29) is 17.8 Å². The first-order valence-electron chi connectivity index (χ1n) is 6.38. The molecule has 1 saturated heterocycles. The highest BCUT2D eigenvalue weighted by atomic mass is 35.5. The van der Waals surface area contributed by atoms with Gasteiger partial charge in [0.1, 0.15) is 0 Å². The first-order valence-corrected chi connectivity index (χ1v) is 6.38. The third-order valence-electron chi connectivity index (χ3n) is 4.23. The number of halogens is 1. The predicted molar refractivity (Wildman–Crippen MR) is 75.0 cm³/mol. The van der Waals surface area contributed by atoms with Gasteiger partial charge in [0.05, 0.1) is 0 Å². The minimum atomic E-state index is 0. The van der Waals surface area contributed by atoms with Crippen LogP contribution in [0.1, 0.15) is 37.8 Å². The number of fused-ring (bicyclic) bond motifs is 1. The Morgan fingerprint density at radius 2 is 1.76 bits per heavy atom. The summed E-state index contributed by atoms with van der Waals surface area (Å²) in [6.07, 6.45) is 0. The molecule has 0 spiro atoms. The van der Waals surface area contributed by atoms with Crippen LogP contribution in [0, 0.1) is 11.8 Å². The summed E-state index contributed by atoms with van der Waals surface area (Å²) >= 11 is 0. The maximum absolute atomic E-state index is 3.47. The fraction of sp³-hybridized carbons (Fsp3) is 0.600. The second-order valence-corrected chi connectivity index (χ2v) is 6.39. The molecule has 1 unspecified atom stereocenters. The fourth-order valence-corrected chi connectivity index (χ4v) is 3.13. The lowest BCUT2D eigenvalue weighted by Crippen LogP contribution is -2.15. The predicted octanol–water partition coefficient (Wildman–Crippen LogP) is 3.34. The van der Waals surface area contributed by atoms with E-state index >= 15 is 0 Å². The quantitative estimate of drug-likeness (QED) is 0.807. The largest absolute Gasteiger partial charge is 0.316 e. The summed E-state index contributed by atoms with van der Waals surface area (Å²) in [6.45, 7) is 9.34. The molecular formula is C15H22ClN. The zero-order chi connectivity index (χ0) is 11.3. The van der Waals surface area contributed by atoms with Gasteiger partial charge in [-0.15, -0.1) is 12.4 Å². The first-order chi connectivity index (χ1) is 7.57.